The van der Waals surface area contributed by atoms with Crippen molar-refractivity contribution in [1.82, 2.24) is 0 Å². The molecule has 0 aliphatic rings. The van der Waals surface area contributed by atoms with Gasteiger partial charge >= 0.3 is 5.97 Å². The lowest BCUT2D eigenvalue weighted by Gasteiger charge is -2.03. The summed E-state index contributed by atoms with van der Waals surface area (Å²) >= 11 is 0. The lowest BCUT2D eigenvalue weighted by Crippen LogP contribution is -2.03. The van der Waals surface area contributed by atoms with E-state index in [1.807, 2.05) is 39.0 Å². The molecular weight excluding hydrogens is 226 g/mol. The Morgan fingerprint density at radius 1 is 1.33 bits per heavy atom. The fourth-order valence-electron chi connectivity index (χ4n) is 1.27. The van der Waals surface area contributed by atoms with Gasteiger partial charge in [-0.2, -0.15) is 0 Å². The van der Waals surface area contributed by atoms with E-state index in [1.54, 1.807) is 6.08 Å². The number of ether oxygens (including phenoxy) is 1. The van der Waals surface area contributed by atoms with Crippen LogP contribution in [-0.4, -0.2) is 19.1 Å². The molecule has 0 saturated heterocycles. The third-order valence-corrected chi connectivity index (χ3v) is 1.98. The van der Waals surface area contributed by atoms with Crippen LogP contribution in [0.3, 0.4) is 0 Å². The molecule has 0 atom stereocenters. The summed E-state index contributed by atoms with van der Waals surface area (Å²) < 4.78 is 4.85. The monoisotopic (exact) mass is 253 g/mol. The van der Waals surface area contributed by atoms with E-state index >= 15 is 0 Å². The highest BCUT2D eigenvalue weighted by Crippen LogP contribution is 2.09. The number of hydrogen-bond acceptors (Lipinski definition) is 3. The van der Waals surface area contributed by atoms with Gasteiger partial charge in [-0.25, -0.2) is 0 Å². The van der Waals surface area contributed by atoms with Gasteiger partial charge in [0.05, 0.1) is 6.61 Å². The fourth-order valence-corrected chi connectivity index (χ4v) is 1.27. The third kappa shape index (κ3) is 12.7. The molecule has 0 heterocycles. The van der Waals surface area contributed by atoms with Crippen LogP contribution in [0.15, 0.2) is 36.5 Å². The Labute approximate surface area is 111 Å². The predicted molar refractivity (Wildman–Crippen MR) is 78.3 cm³/mol. The molecular formula is C15H27NO2. The van der Waals surface area contributed by atoms with Gasteiger partial charge < -0.3 is 10.5 Å². The maximum atomic E-state index is 11.1. The number of carbonyl (C=O) groups excluding carboxylic acids is 1. The van der Waals surface area contributed by atoms with Crippen molar-refractivity contribution in [1.29, 1.82) is 0 Å². The lowest BCUT2D eigenvalue weighted by molar-refractivity contribution is -0.143. The molecule has 0 amide bonds. The van der Waals surface area contributed by atoms with E-state index in [0.717, 1.165) is 18.4 Å². The number of allylic oxidation sites excluding steroid dienone is 4. The van der Waals surface area contributed by atoms with Crippen LogP contribution in [0.4, 0.5) is 0 Å². The Bertz CT molecular complexity index is 268. The molecule has 104 valence electrons. The van der Waals surface area contributed by atoms with Gasteiger partial charge in [0, 0.05) is 13.0 Å². The van der Waals surface area contributed by atoms with Crippen LogP contribution in [0, 0.1) is 0 Å². The highest BCUT2D eigenvalue weighted by atomic mass is 16.5. The second-order valence-electron chi connectivity index (χ2n) is 3.27. The van der Waals surface area contributed by atoms with E-state index in [1.165, 1.54) is 0 Å². The Kier molecular flexibility index (Phi) is 16.5. The summed E-state index contributed by atoms with van der Waals surface area (Å²) in [6.45, 7) is 10.4. The van der Waals surface area contributed by atoms with Crippen molar-refractivity contribution in [2.45, 2.75) is 40.0 Å². The maximum absolute atomic E-state index is 11.1. The molecule has 0 radical (unpaired) electrons. The molecule has 0 aromatic heterocycles. The van der Waals surface area contributed by atoms with Crippen molar-refractivity contribution in [2.75, 3.05) is 13.2 Å². The van der Waals surface area contributed by atoms with E-state index < -0.39 is 0 Å². The summed E-state index contributed by atoms with van der Waals surface area (Å²) in [6.07, 6.45) is 9.57. The molecule has 0 rings (SSSR count). The van der Waals surface area contributed by atoms with Crippen LogP contribution >= 0.6 is 0 Å². The van der Waals surface area contributed by atoms with Crippen molar-refractivity contribution in [3.8, 4) is 0 Å². The zero-order chi connectivity index (χ0) is 14.2. The molecule has 0 aromatic carbocycles. The Balaban J connectivity index is 0. The van der Waals surface area contributed by atoms with Crippen molar-refractivity contribution < 1.29 is 9.53 Å². The summed E-state index contributed by atoms with van der Waals surface area (Å²) in [7, 11) is 0. The van der Waals surface area contributed by atoms with Crippen LogP contribution in [0.5, 0.6) is 0 Å². The number of hydrogen-bond donors (Lipinski definition) is 1. The minimum Gasteiger partial charge on any atom is -0.466 e. The summed E-state index contributed by atoms with van der Waals surface area (Å²) in [6, 6.07) is 0. The minimum atomic E-state index is -0.137. The molecule has 0 unspecified atom stereocenters. The van der Waals surface area contributed by atoms with Crippen molar-refractivity contribution in [2.24, 2.45) is 5.73 Å². The van der Waals surface area contributed by atoms with Gasteiger partial charge in [0.1, 0.15) is 0 Å². The second-order valence-corrected chi connectivity index (χ2v) is 3.27. The van der Waals surface area contributed by atoms with Crippen molar-refractivity contribution in [3.05, 3.63) is 36.5 Å². The average Bonchev–Trinajstić information content (AvgIpc) is 2.38. The van der Waals surface area contributed by atoms with E-state index in [9.17, 15) is 4.79 Å². The minimum absolute atomic E-state index is 0.137. The van der Waals surface area contributed by atoms with E-state index in [4.69, 9.17) is 10.5 Å². The quantitative estimate of drug-likeness (QED) is 0.533. The summed E-state index contributed by atoms with van der Waals surface area (Å²) in [5.74, 6) is -0.137. The standard InChI is InChI=1S/C13H21NO2.C2H6/c1-3-5-7-12(10-11-14)8-6-9-13(15)16-4-2;1-2/h3,5,7,10H,1,4,6,8-9,11,14H2,2H3;1-2H3/b7-5-,12-10+;. The van der Waals surface area contributed by atoms with Gasteiger partial charge in [0.25, 0.3) is 0 Å². The molecule has 0 spiro atoms. The van der Waals surface area contributed by atoms with Gasteiger partial charge in [-0.15, -0.1) is 0 Å². The molecule has 0 saturated carbocycles. The molecule has 2 N–H and O–H groups in total. The molecule has 0 aromatic rings. The topological polar surface area (TPSA) is 52.3 Å². The number of esters is 1. The van der Waals surface area contributed by atoms with Crippen LogP contribution in [0.1, 0.15) is 40.0 Å². The highest BCUT2D eigenvalue weighted by Gasteiger charge is 2.01. The fraction of sp³-hybridized carbons (Fsp3) is 0.533. The van der Waals surface area contributed by atoms with Gasteiger partial charge in [0.2, 0.25) is 0 Å². The molecule has 18 heavy (non-hydrogen) atoms. The van der Waals surface area contributed by atoms with E-state index in [0.29, 0.717) is 19.6 Å². The van der Waals surface area contributed by atoms with Gasteiger partial charge in [-0.05, 0) is 19.8 Å². The molecule has 3 nitrogen and oxygen atoms in total. The zero-order valence-electron chi connectivity index (χ0n) is 11.9. The van der Waals surface area contributed by atoms with Crippen LogP contribution in [0.2, 0.25) is 0 Å². The SMILES string of the molecule is C=C/C=C\C(=C/CN)CCCC(=O)OCC.CC. The van der Waals surface area contributed by atoms with Gasteiger partial charge in [-0.3, -0.25) is 4.79 Å². The Morgan fingerprint density at radius 3 is 2.50 bits per heavy atom. The average molecular weight is 253 g/mol. The van der Waals surface area contributed by atoms with Crippen LogP contribution in [0.25, 0.3) is 0 Å². The summed E-state index contributed by atoms with van der Waals surface area (Å²) in [5.41, 5.74) is 6.58. The first-order chi connectivity index (χ1) is 8.74. The first-order valence-corrected chi connectivity index (χ1v) is 6.58. The smallest absolute Gasteiger partial charge is 0.305 e. The normalized spacial score (nSPS) is 10.8. The first-order valence-electron chi connectivity index (χ1n) is 6.58. The molecule has 0 fully saturated rings. The third-order valence-electron chi connectivity index (χ3n) is 1.98. The highest BCUT2D eigenvalue weighted by molar-refractivity contribution is 5.69. The predicted octanol–water partition coefficient (Wildman–Crippen LogP) is 3.37. The maximum Gasteiger partial charge on any atom is 0.305 e. The van der Waals surface area contributed by atoms with Crippen LogP contribution < -0.4 is 5.73 Å². The number of nitrogens with two attached hydrogens (primary N) is 1. The molecule has 0 aliphatic carbocycles. The first kappa shape index (κ1) is 19.0. The zero-order valence-corrected chi connectivity index (χ0v) is 11.9. The second kappa shape index (κ2) is 15.6. The summed E-state index contributed by atoms with van der Waals surface area (Å²) in [5, 5.41) is 0. The van der Waals surface area contributed by atoms with E-state index in [-0.39, 0.29) is 5.97 Å². The number of carbonyl (C=O) groups is 1. The Morgan fingerprint density at radius 2 is 2.00 bits per heavy atom. The number of rotatable bonds is 8. The van der Waals surface area contributed by atoms with Crippen molar-refractivity contribution >= 4 is 5.97 Å². The molecule has 3 heteroatoms. The lowest BCUT2D eigenvalue weighted by atomic mass is 10.1. The van der Waals surface area contributed by atoms with Crippen LogP contribution in [-0.2, 0) is 9.53 Å². The molecule has 0 aliphatic heterocycles. The molecule has 0 bridgehead atoms. The van der Waals surface area contributed by atoms with Gasteiger partial charge in [-0.1, -0.05) is 50.3 Å². The van der Waals surface area contributed by atoms with Crippen molar-refractivity contribution in [3.63, 3.8) is 0 Å². The Hall–Kier alpha value is -1.35. The van der Waals surface area contributed by atoms with Gasteiger partial charge in [0.15, 0.2) is 0 Å². The summed E-state index contributed by atoms with van der Waals surface area (Å²) in [4.78, 5) is 11.1. The van der Waals surface area contributed by atoms with E-state index in [2.05, 4.69) is 6.58 Å². The largest absolute Gasteiger partial charge is 0.466 e.